The molecule has 0 unspecified atom stereocenters. The molecule has 1 aromatic rings. The van der Waals surface area contributed by atoms with Crippen molar-refractivity contribution in [3.8, 4) is 0 Å². The number of nitrogens with zero attached hydrogens (tertiary/aromatic N) is 1. The molecule has 20 heavy (non-hydrogen) atoms. The summed E-state index contributed by atoms with van der Waals surface area (Å²) in [6.07, 6.45) is -0.349. The van der Waals surface area contributed by atoms with Crippen molar-refractivity contribution in [2.24, 2.45) is 0 Å². The van der Waals surface area contributed by atoms with Crippen molar-refractivity contribution in [1.82, 2.24) is 4.31 Å². The number of hydrogen-bond donors (Lipinski definition) is 1. The Labute approximate surface area is 122 Å². The lowest BCUT2D eigenvalue weighted by Crippen LogP contribution is -2.48. The molecule has 1 aliphatic rings. The van der Waals surface area contributed by atoms with Gasteiger partial charge in [0.05, 0.1) is 17.1 Å². The van der Waals surface area contributed by atoms with E-state index in [-0.39, 0.29) is 35.1 Å². The number of carboxylic acids is 1. The van der Waals surface area contributed by atoms with Crippen LogP contribution in [-0.4, -0.2) is 49.1 Å². The number of carbonyl (C=O) groups is 1. The lowest BCUT2D eigenvalue weighted by atomic mass is 10.3. The number of hydrogen-bond acceptors (Lipinski definition) is 5. The molecule has 0 aliphatic carbocycles. The molecular weight excluding hydrogens is 302 g/mol. The Bertz CT molecular complexity index is 612. The summed E-state index contributed by atoms with van der Waals surface area (Å²) in [4.78, 5) is 11.6. The van der Waals surface area contributed by atoms with Gasteiger partial charge in [-0.15, -0.1) is 11.3 Å². The maximum Gasteiger partial charge on any atom is 0.345 e. The van der Waals surface area contributed by atoms with E-state index in [1.54, 1.807) is 6.92 Å². The van der Waals surface area contributed by atoms with Crippen molar-refractivity contribution in [2.75, 3.05) is 13.1 Å². The van der Waals surface area contributed by atoms with Gasteiger partial charge in [-0.3, -0.25) is 0 Å². The first-order valence-corrected chi connectivity index (χ1v) is 8.46. The molecule has 1 aliphatic heterocycles. The Hall–Kier alpha value is -0.960. The first-order chi connectivity index (χ1) is 9.21. The van der Waals surface area contributed by atoms with Crippen LogP contribution in [-0.2, 0) is 14.8 Å². The Morgan fingerprint density at radius 1 is 1.40 bits per heavy atom. The van der Waals surface area contributed by atoms with Crippen molar-refractivity contribution in [3.05, 3.63) is 15.8 Å². The third-order valence-electron chi connectivity index (χ3n) is 3.09. The molecule has 1 aromatic heterocycles. The summed E-state index contributed by atoms with van der Waals surface area (Å²) in [6.45, 7) is 5.83. The third kappa shape index (κ3) is 2.88. The molecule has 0 aromatic carbocycles. The number of carboxylic acid groups (broad SMARTS) is 1. The van der Waals surface area contributed by atoms with Crippen molar-refractivity contribution < 1.29 is 23.1 Å². The number of aryl methyl sites for hydroxylation is 1. The Kier molecular flexibility index (Phi) is 4.19. The van der Waals surface area contributed by atoms with Crippen LogP contribution in [0.25, 0.3) is 0 Å². The van der Waals surface area contributed by atoms with E-state index < -0.39 is 16.0 Å². The first-order valence-electron chi connectivity index (χ1n) is 6.21. The molecule has 2 heterocycles. The van der Waals surface area contributed by atoms with Gasteiger partial charge in [0.15, 0.2) is 0 Å². The molecule has 0 bridgehead atoms. The van der Waals surface area contributed by atoms with Crippen molar-refractivity contribution >= 4 is 27.3 Å². The van der Waals surface area contributed by atoms with E-state index >= 15 is 0 Å². The minimum Gasteiger partial charge on any atom is -0.477 e. The van der Waals surface area contributed by atoms with E-state index in [4.69, 9.17) is 9.84 Å². The zero-order valence-electron chi connectivity index (χ0n) is 11.5. The van der Waals surface area contributed by atoms with Crippen LogP contribution in [0.2, 0.25) is 0 Å². The van der Waals surface area contributed by atoms with Gasteiger partial charge in [-0.1, -0.05) is 0 Å². The average Bonchev–Trinajstić information content (AvgIpc) is 2.71. The van der Waals surface area contributed by atoms with Gasteiger partial charge in [0.2, 0.25) is 10.0 Å². The van der Waals surface area contributed by atoms with Gasteiger partial charge in [-0.2, -0.15) is 4.31 Å². The summed E-state index contributed by atoms with van der Waals surface area (Å²) in [5.74, 6) is -1.11. The highest BCUT2D eigenvalue weighted by Crippen LogP contribution is 2.29. The molecule has 1 N–H and O–H groups in total. The topological polar surface area (TPSA) is 83.9 Å². The lowest BCUT2D eigenvalue weighted by Gasteiger charge is -2.34. The lowest BCUT2D eigenvalue weighted by molar-refractivity contribution is -0.0440. The second-order valence-electron chi connectivity index (χ2n) is 4.92. The monoisotopic (exact) mass is 319 g/mol. The summed E-state index contributed by atoms with van der Waals surface area (Å²) in [5.41, 5.74) is 0. The molecule has 8 heteroatoms. The summed E-state index contributed by atoms with van der Waals surface area (Å²) in [7, 11) is -3.67. The molecule has 1 fully saturated rings. The van der Waals surface area contributed by atoms with Crippen LogP contribution in [0.5, 0.6) is 0 Å². The van der Waals surface area contributed by atoms with E-state index in [2.05, 4.69) is 0 Å². The van der Waals surface area contributed by atoms with Gasteiger partial charge in [0.1, 0.15) is 4.88 Å². The van der Waals surface area contributed by atoms with Crippen LogP contribution in [0.4, 0.5) is 0 Å². The summed E-state index contributed by atoms with van der Waals surface area (Å²) in [6, 6.07) is 1.24. The predicted molar refractivity (Wildman–Crippen MR) is 74.8 cm³/mol. The van der Waals surface area contributed by atoms with Crippen LogP contribution in [0.3, 0.4) is 0 Å². The van der Waals surface area contributed by atoms with E-state index in [0.717, 1.165) is 11.3 Å². The molecule has 0 radical (unpaired) electrons. The molecule has 0 amide bonds. The van der Waals surface area contributed by atoms with Crippen LogP contribution < -0.4 is 0 Å². The number of aromatic carboxylic acids is 1. The number of thiophene rings is 1. The average molecular weight is 319 g/mol. The fourth-order valence-electron chi connectivity index (χ4n) is 2.29. The van der Waals surface area contributed by atoms with E-state index in [1.807, 2.05) is 13.8 Å². The maximum absolute atomic E-state index is 12.6. The fourth-order valence-corrected chi connectivity index (χ4v) is 5.28. The van der Waals surface area contributed by atoms with Gasteiger partial charge >= 0.3 is 5.97 Å². The van der Waals surface area contributed by atoms with Crippen LogP contribution in [0.15, 0.2) is 11.0 Å². The smallest absolute Gasteiger partial charge is 0.345 e. The third-order valence-corrected chi connectivity index (χ3v) is 6.21. The standard InChI is InChI=1S/C12H17NO5S2/c1-7-5-13(6-8(2)18-7)20(16,17)11-4-10(12(14)15)19-9(11)3/h4,7-8H,5-6H2,1-3H3,(H,14,15)/t7-,8+. The minimum absolute atomic E-state index is 0.0374. The van der Waals surface area contributed by atoms with Gasteiger partial charge in [-0.25, -0.2) is 13.2 Å². The summed E-state index contributed by atoms with van der Waals surface area (Å²) in [5, 5.41) is 8.96. The normalized spacial score (nSPS) is 24.8. The molecule has 2 atom stereocenters. The summed E-state index contributed by atoms with van der Waals surface area (Å²) < 4.78 is 32.1. The number of sulfonamides is 1. The highest BCUT2D eigenvalue weighted by atomic mass is 32.2. The van der Waals surface area contributed by atoms with E-state index in [9.17, 15) is 13.2 Å². The van der Waals surface area contributed by atoms with Crippen LogP contribution in [0, 0.1) is 6.92 Å². The second-order valence-corrected chi connectivity index (χ2v) is 8.08. The van der Waals surface area contributed by atoms with Crippen LogP contribution >= 0.6 is 11.3 Å². The highest BCUT2D eigenvalue weighted by molar-refractivity contribution is 7.89. The SMILES string of the molecule is Cc1sc(C(=O)O)cc1S(=O)(=O)N1C[C@@H](C)O[C@@H](C)C1. The highest BCUT2D eigenvalue weighted by Gasteiger charge is 2.34. The number of ether oxygens (including phenoxy) is 1. The number of morpholine rings is 1. The zero-order chi connectivity index (χ0) is 15.1. The maximum atomic E-state index is 12.6. The van der Waals surface area contributed by atoms with Crippen molar-refractivity contribution in [2.45, 2.75) is 37.9 Å². The second kappa shape index (κ2) is 5.44. The molecular formula is C12H17NO5S2. The summed E-state index contributed by atoms with van der Waals surface area (Å²) >= 11 is 0.978. The number of rotatable bonds is 3. The minimum atomic E-state index is -3.67. The van der Waals surface area contributed by atoms with E-state index in [1.165, 1.54) is 10.4 Å². The predicted octanol–water partition coefficient (Wildman–Crippen LogP) is 1.55. The van der Waals surface area contributed by atoms with Crippen molar-refractivity contribution in [3.63, 3.8) is 0 Å². The molecule has 2 rings (SSSR count). The fraction of sp³-hybridized carbons (Fsp3) is 0.583. The van der Waals surface area contributed by atoms with Crippen molar-refractivity contribution in [1.29, 1.82) is 0 Å². The molecule has 6 nitrogen and oxygen atoms in total. The first kappa shape index (κ1) is 15.4. The molecule has 1 saturated heterocycles. The zero-order valence-corrected chi connectivity index (χ0v) is 13.1. The Balaban J connectivity index is 2.37. The van der Waals surface area contributed by atoms with Gasteiger partial charge in [0, 0.05) is 18.0 Å². The molecule has 0 saturated carbocycles. The van der Waals surface area contributed by atoms with Gasteiger partial charge < -0.3 is 9.84 Å². The quantitative estimate of drug-likeness (QED) is 0.914. The Morgan fingerprint density at radius 3 is 2.40 bits per heavy atom. The Morgan fingerprint density at radius 2 is 1.95 bits per heavy atom. The van der Waals surface area contributed by atoms with Gasteiger partial charge in [0.25, 0.3) is 0 Å². The van der Waals surface area contributed by atoms with Crippen LogP contribution in [0.1, 0.15) is 28.4 Å². The largest absolute Gasteiger partial charge is 0.477 e. The van der Waals surface area contributed by atoms with E-state index in [0.29, 0.717) is 4.88 Å². The molecule has 112 valence electrons. The molecule has 0 spiro atoms. The van der Waals surface area contributed by atoms with Gasteiger partial charge in [-0.05, 0) is 26.8 Å².